The minimum atomic E-state index is -0.00381. The molecule has 3 rings (SSSR count). The summed E-state index contributed by atoms with van der Waals surface area (Å²) in [7, 11) is 1.62. The van der Waals surface area contributed by atoms with Gasteiger partial charge in [0.25, 0.3) is 0 Å². The Morgan fingerprint density at radius 1 is 1.22 bits per heavy atom. The maximum Gasteiger partial charge on any atom is 0.225 e. The predicted molar refractivity (Wildman–Crippen MR) is 106 cm³/mol. The van der Waals surface area contributed by atoms with Crippen molar-refractivity contribution in [1.29, 1.82) is 0 Å². The van der Waals surface area contributed by atoms with Crippen LogP contribution in [0.4, 0.5) is 5.69 Å². The molecule has 1 aliphatic rings. The van der Waals surface area contributed by atoms with Crippen molar-refractivity contribution in [3.63, 3.8) is 0 Å². The van der Waals surface area contributed by atoms with Gasteiger partial charge >= 0.3 is 0 Å². The van der Waals surface area contributed by atoms with Crippen molar-refractivity contribution >= 4 is 11.6 Å². The first-order valence-corrected chi connectivity index (χ1v) is 9.60. The molecule has 2 atom stereocenters. The van der Waals surface area contributed by atoms with Crippen LogP contribution in [0.5, 0.6) is 5.75 Å². The molecule has 2 heterocycles. The quantitative estimate of drug-likeness (QED) is 0.707. The van der Waals surface area contributed by atoms with E-state index in [9.17, 15) is 4.79 Å². The monoisotopic (exact) mass is 371 g/mol. The van der Waals surface area contributed by atoms with Crippen molar-refractivity contribution in [2.24, 2.45) is 0 Å². The molecule has 0 radical (unpaired) electrons. The molecule has 0 aliphatic carbocycles. The number of rotatable bonds is 9. The highest BCUT2D eigenvalue weighted by Crippen LogP contribution is 2.25. The molecule has 0 bridgehead atoms. The van der Waals surface area contributed by atoms with Crippen LogP contribution < -0.4 is 15.4 Å². The lowest BCUT2D eigenvalue weighted by Crippen LogP contribution is -2.39. The molecule has 0 unspecified atom stereocenters. The Labute approximate surface area is 160 Å². The number of furan rings is 1. The number of nitrogens with zero attached hydrogens (tertiary/aromatic N) is 1. The Kier molecular flexibility index (Phi) is 6.90. The second kappa shape index (κ2) is 9.58. The number of carbonyl (C=O) groups is 1. The summed E-state index contributed by atoms with van der Waals surface area (Å²) in [5.74, 6) is 1.75. The van der Waals surface area contributed by atoms with Gasteiger partial charge < -0.3 is 19.8 Å². The predicted octanol–water partition coefficient (Wildman–Crippen LogP) is 3.43. The minimum absolute atomic E-state index is 0.00381. The van der Waals surface area contributed by atoms with Crippen LogP contribution in [0.2, 0.25) is 0 Å². The lowest BCUT2D eigenvalue weighted by molar-refractivity contribution is -0.116. The van der Waals surface area contributed by atoms with Gasteiger partial charge in [0, 0.05) is 24.7 Å². The largest absolute Gasteiger partial charge is 0.497 e. The van der Waals surface area contributed by atoms with E-state index in [0.717, 1.165) is 36.8 Å². The highest BCUT2D eigenvalue weighted by molar-refractivity contribution is 5.91. The highest BCUT2D eigenvalue weighted by atomic mass is 16.5. The summed E-state index contributed by atoms with van der Waals surface area (Å²) in [4.78, 5) is 14.7. The van der Waals surface area contributed by atoms with Crippen LogP contribution in [0.1, 0.15) is 38.0 Å². The second-order valence-electron chi connectivity index (χ2n) is 7.06. The fourth-order valence-corrected chi connectivity index (χ4v) is 3.49. The number of hydrogen-bond donors (Lipinski definition) is 2. The molecule has 1 saturated heterocycles. The van der Waals surface area contributed by atoms with E-state index in [2.05, 4.69) is 15.5 Å². The lowest BCUT2D eigenvalue weighted by atomic mass is 10.1. The van der Waals surface area contributed by atoms with Gasteiger partial charge in [0.2, 0.25) is 5.91 Å². The molecule has 1 amide bonds. The summed E-state index contributed by atoms with van der Waals surface area (Å²) in [6.45, 7) is 5.00. The normalized spacial score (nSPS) is 16.8. The first-order valence-electron chi connectivity index (χ1n) is 9.60. The number of hydrogen-bond acceptors (Lipinski definition) is 5. The van der Waals surface area contributed by atoms with E-state index in [1.165, 1.54) is 12.8 Å². The van der Waals surface area contributed by atoms with Crippen molar-refractivity contribution in [3.8, 4) is 5.75 Å². The SMILES string of the molecule is COc1ccc(NC(=O)C[C@H](C)NC[C@H](c2ccco2)N2CCCC2)cc1. The first kappa shape index (κ1) is 19.5. The van der Waals surface area contributed by atoms with Crippen LogP contribution in [-0.4, -0.2) is 43.6 Å². The van der Waals surface area contributed by atoms with Gasteiger partial charge in [0.1, 0.15) is 11.5 Å². The van der Waals surface area contributed by atoms with Gasteiger partial charge in [0.15, 0.2) is 0 Å². The molecule has 27 heavy (non-hydrogen) atoms. The molecule has 0 spiro atoms. The number of carbonyl (C=O) groups excluding carboxylic acids is 1. The van der Waals surface area contributed by atoms with E-state index in [1.54, 1.807) is 13.4 Å². The summed E-state index contributed by atoms with van der Waals surface area (Å²) in [6, 6.07) is 11.6. The Hall–Kier alpha value is -2.31. The average molecular weight is 371 g/mol. The zero-order valence-corrected chi connectivity index (χ0v) is 16.1. The first-order chi connectivity index (χ1) is 13.2. The van der Waals surface area contributed by atoms with E-state index in [-0.39, 0.29) is 18.0 Å². The fourth-order valence-electron chi connectivity index (χ4n) is 3.49. The van der Waals surface area contributed by atoms with Crippen LogP contribution in [0.3, 0.4) is 0 Å². The highest BCUT2D eigenvalue weighted by Gasteiger charge is 2.25. The number of amides is 1. The molecule has 1 aromatic heterocycles. The number of anilines is 1. The average Bonchev–Trinajstić information content (AvgIpc) is 3.37. The fraction of sp³-hybridized carbons (Fsp3) is 0.476. The topological polar surface area (TPSA) is 66.7 Å². The molecule has 146 valence electrons. The molecular formula is C21H29N3O3. The van der Waals surface area contributed by atoms with Crippen molar-refractivity contribution in [2.45, 2.75) is 38.3 Å². The van der Waals surface area contributed by atoms with Gasteiger partial charge in [-0.1, -0.05) is 0 Å². The van der Waals surface area contributed by atoms with Gasteiger partial charge in [-0.05, 0) is 69.3 Å². The number of likely N-dealkylation sites (tertiary alicyclic amines) is 1. The zero-order chi connectivity index (χ0) is 19.1. The molecule has 6 nitrogen and oxygen atoms in total. The van der Waals surface area contributed by atoms with E-state index in [0.29, 0.717) is 6.42 Å². The summed E-state index contributed by atoms with van der Waals surface area (Å²) in [5, 5.41) is 6.43. The van der Waals surface area contributed by atoms with Gasteiger partial charge in [-0.3, -0.25) is 9.69 Å². The van der Waals surface area contributed by atoms with E-state index >= 15 is 0 Å². The standard InChI is InChI=1S/C21H29N3O3/c1-16(14-21(25)23-17-7-9-18(26-2)10-8-17)22-15-19(20-6-5-13-27-20)24-11-3-4-12-24/h5-10,13,16,19,22H,3-4,11-12,14-15H2,1-2H3,(H,23,25)/t16-,19+/m0/s1. The van der Waals surface area contributed by atoms with Gasteiger partial charge in [-0.15, -0.1) is 0 Å². The molecule has 2 N–H and O–H groups in total. The summed E-state index contributed by atoms with van der Waals surface area (Å²) in [6.07, 6.45) is 4.61. The van der Waals surface area contributed by atoms with Crippen molar-refractivity contribution in [1.82, 2.24) is 10.2 Å². The molecule has 0 saturated carbocycles. The zero-order valence-electron chi connectivity index (χ0n) is 16.1. The van der Waals surface area contributed by atoms with E-state index in [4.69, 9.17) is 9.15 Å². The third kappa shape index (κ3) is 5.58. The van der Waals surface area contributed by atoms with Gasteiger partial charge in [-0.25, -0.2) is 0 Å². The van der Waals surface area contributed by atoms with Crippen molar-refractivity contribution in [3.05, 3.63) is 48.4 Å². The number of nitrogens with one attached hydrogen (secondary N) is 2. The smallest absolute Gasteiger partial charge is 0.225 e. The Balaban J connectivity index is 1.48. The third-order valence-corrected chi connectivity index (χ3v) is 4.98. The van der Waals surface area contributed by atoms with Gasteiger partial charge in [0.05, 0.1) is 19.4 Å². The van der Waals surface area contributed by atoms with Crippen LogP contribution in [-0.2, 0) is 4.79 Å². The third-order valence-electron chi connectivity index (χ3n) is 4.98. The maximum atomic E-state index is 12.3. The van der Waals surface area contributed by atoms with Crippen LogP contribution in [0.15, 0.2) is 47.1 Å². The summed E-state index contributed by atoms with van der Waals surface area (Å²) in [5.41, 5.74) is 0.776. The summed E-state index contributed by atoms with van der Waals surface area (Å²) >= 11 is 0. The Bertz CT molecular complexity index is 694. The maximum absolute atomic E-state index is 12.3. The second-order valence-corrected chi connectivity index (χ2v) is 7.06. The van der Waals surface area contributed by atoms with E-state index < -0.39 is 0 Å². The molecule has 1 aromatic carbocycles. The number of methoxy groups -OCH3 is 1. The van der Waals surface area contributed by atoms with Crippen molar-refractivity contribution in [2.75, 3.05) is 32.1 Å². The van der Waals surface area contributed by atoms with Crippen molar-refractivity contribution < 1.29 is 13.9 Å². The van der Waals surface area contributed by atoms with Crippen LogP contribution >= 0.6 is 0 Å². The lowest BCUT2D eigenvalue weighted by Gasteiger charge is -2.27. The number of benzene rings is 1. The summed E-state index contributed by atoms with van der Waals surface area (Å²) < 4.78 is 10.8. The van der Waals surface area contributed by atoms with Gasteiger partial charge in [-0.2, -0.15) is 0 Å². The molecule has 1 aliphatic heterocycles. The molecule has 6 heteroatoms. The minimum Gasteiger partial charge on any atom is -0.497 e. The molecule has 1 fully saturated rings. The molecule has 2 aromatic rings. The molecular weight excluding hydrogens is 342 g/mol. The van der Waals surface area contributed by atoms with E-state index in [1.807, 2.05) is 43.3 Å². The Morgan fingerprint density at radius 3 is 2.59 bits per heavy atom. The number of ether oxygens (including phenoxy) is 1. The Morgan fingerprint density at radius 2 is 1.96 bits per heavy atom. The van der Waals surface area contributed by atoms with Crippen LogP contribution in [0, 0.1) is 0 Å². The van der Waals surface area contributed by atoms with Crippen LogP contribution in [0.25, 0.3) is 0 Å².